The van der Waals surface area contributed by atoms with E-state index in [4.69, 9.17) is 9.47 Å². The molecule has 0 atom stereocenters. The molecule has 0 N–H and O–H groups in total. The fourth-order valence-corrected chi connectivity index (χ4v) is 5.10. The molecule has 4 rings (SSSR count). The summed E-state index contributed by atoms with van der Waals surface area (Å²) in [6.45, 7) is 3.79. The van der Waals surface area contributed by atoms with Crippen LogP contribution in [0.4, 0.5) is 4.39 Å². The van der Waals surface area contributed by atoms with Crippen LogP contribution in [0.5, 0.6) is 0 Å². The first-order valence-corrected chi connectivity index (χ1v) is 11.8. The van der Waals surface area contributed by atoms with Crippen LogP contribution in [0.1, 0.15) is 29.5 Å². The number of esters is 1. The average molecular weight is 462 g/mol. The topological polar surface area (TPSA) is 90.7 Å². The maximum atomic E-state index is 13.9. The first-order chi connectivity index (χ1) is 15.4. The molecule has 1 fully saturated rings. The number of fused-ring (bicyclic) bond motifs is 1. The van der Waals surface area contributed by atoms with Gasteiger partial charge >= 0.3 is 5.97 Å². The van der Waals surface area contributed by atoms with E-state index in [9.17, 15) is 17.6 Å². The van der Waals surface area contributed by atoms with Crippen LogP contribution in [-0.4, -0.2) is 54.5 Å². The van der Waals surface area contributed by atoms with Crippen LogP contribution >= 0.6 is 0 Å². The summed E-state index contributed by atoms with van der Waals surface area (Å²) in [4.78, 5) is 17.0. The standard InChI is InChI=1S/C22H24FN3O5S/c1-2-9-26-20-8-7-16(32(28,29)25-10-12-30-13-11-25)14-19(20)24-21(26)15-31-22(27)17-5-3-4-6-18(17)23/h3-8,14H,2,9-13,15H2,1H3. The smallest absolute Gasteiger partial charge is 0.341 e. The molecule has 1 saturated heterocycles. The van der Waals surface area contributed by atoms with Gasteiger partial charge in [0.15, 0.2) is 0 Å². The summed E-state index contributed by atoms with van der Waals surface area (Å²) in [6, 6.07) is 10.4. The highest BCUT2D eigenvalue weighted by Gasteiger charge is 2.27. The number of carbonyl (C=O) groups is 1. The van der Waals surface area contributed by atoms with Crippen LogP contribution in [0.15, 0.2) is 47.4 Å². The second-order valence-corrected chi connectivity index (χ2v) is 9.34. The highest BCUT2D eigenvalue weighted by molar-refractivity contribution is 7.89. The van der Waals surface area contributed by atoms with Gasteiger partial charge in [-0.05, 0) is 36.8 Å². The van der Waals surface area contributed by atoms with E-state index in [1.165, 1.54) is 28.6 Å². The predicted molar refractivity (Wildman–Crippen MR) is 115 cm³/mol. The van der Waals surface area contributed by atoms with Crippen molar-refractivity contribution in [3.63, 3.8) is 0 Å². The number of aromatic nitrogens is 2. The molecule has 1 aromatic heterocycles. The minimum absolute atomic E-state index is 0.149. The van der Waals surface area contributed by atoms with Gasteiger partial charge in [0.05, 0.1) is 34.7 Å². The molecule has 10 heteroatoms. The summed E-state index contributed by atoms with van der Waals surface area (Å²) in [7, 11) is -3.66. The maximum Gasteiger partial charge on any atom is 0.341 e. The Bertz CT molecular complexity index is 1240. The third-order valence-corrected chi connectivity index (χ3v) is 7.17. The molecule has 0 unspecified atom stereocenters. The van der Waals surface area contributed by atoms with Gasteiger partial charge < -0.3 is 14.0 Å². The number of aryl methyl sites for hydroxylation is 1. The molecule has 1 aliphatic rings. The third kappa shape index (κ3) is 4.38. The van der Waals surface area contributed by atoms with Gasteiger partial charge in [-0.25, -0.2) is 22.6 Å². The molecule has 3 aromatic rings. The Labute approximate surface area is 185 Å². The fraction of sp³-hybridized carbons (Fsp3) is 0.364. The molecule has 1 aliphatic heterocycles. The first-order valence-electron chi connectivity index (χ1n) is 10.4. The van der Waals surface area contributed by atoms with Gasteiger partial charge in [-0.1, -0.05) is 19.1 Å². The maximum absolute atomic E-state index is 13.9. The second-order valence-electron chi connectivity index (χ2n) is 7.40. The van der Waals surface area contributed by atoms with Crippen molar-refractivity contribution in [2.24, 2.45) is 0 Å². The predicted octanol–water partition coefficient (Wildman–Crippen LogP) is 2.96. The zero-order valence-corrected chi connectivity index (χ0v) is 18.5. The largest absolute Gasteiger partial charge is 0.454 e. The Morgan fingerprint density at radius 1 is 1.19 bits per heavy atom. The number of halogens is 1. The Balaban J connectivity index is 1.62. The van der Waals surface area contributed by atoms with E-state index in [-0.39, 0.29) is 17.1 Å². The zero-order chi connectivity index (χ0) is 22.7. The van der Waals surface area contributed by atoms with Gasteiger partial charge in [-0.15, -0.1) is 0 Å². The van der Waals surface area contributed by atoms with E-state index < -0.39 is 21.8 Å². The van der Waals surface area contributed by atoms with Crippen molar-refractivity contribution in [1.29, 1.82) is 0 Å². The molecule has 0 saturated carbocycles. The lowest BCUT2D eigenvalue weighted by Crippen LogP contribution is -2.40. The molecular weight excluding hydrogens is 437 g/mol. The highest BCUT2D eigenvalue weighted by Crippen LogP contribution is 2.24. The molecule has 0 bridgehead atoms. The number of sulfonamides is 1. The summed E-state index contributed by atoms with van der Waals surface area (Å²) in [5.74, 6) is -0.973. The third-order valence-electron chi connectivity index (χ3n) is 5.28. The lowest BCUT2D eigenvalue weighted by atomic mass is 10.2. The number of rotatable bonds is 7. The number of hydrogen-bond donors (Lipinski definition) is 0. The van der Waals surface area contributed by atoms with Crippen molar-refractivity contribution in [2.45, 2.75) is 31.4 Å². The number of nitrogens with zero attached hydrogens (tertiary/aromatic N) is 3. The normalized spacial score (nSPS) is 15.2. The summed E-state index contributed by atoms with van der Waals surface area (Å²) in [6.07, 6.45) is 0.799. The molecule has 0 aliphatic carbocycles. The van der Waals surface area contributed by atoms with Crippen LogP contribution in [0.2, 0.25) is 0 Å². The number of carbonyl (C=O) groups excluding carboxylic acids is 1. The molecule has 32 heavy (non-hydrogen) atoms. The summed E-state index contributed by atoms with van der Waals surface area (Å²) in [5, 5.41) is 0. The average Bonchev–Trinajstić information content (AvgIpc) is 3.15. The molecule has 0 amide bonds. The van der Waals surface area contributed by atoms with Crippen LogP contribution in [0.25, 0.3) is 11.0 Å². The van der Waals surface area contributed by atoms with Crippen molar-refractivity contribution >= 4 is 27.0 Å². The SMILES string of the molecule is CCCn1c(COC(=O)c2ccccc2F)nc2cc(S(=O)(=O)N3CCOCC3)ccc21. The fourth-order valence-electron chi connectivity index (χ4n) is 3.67. The van der Waals surface area contributed by atoms with E-state index in [0.717, 1.165) is 11.9 Å². The van der Waals surface area contributed by atoms with Gasteiger partial charge in [0.2, 0.25) is 10.0 Å². The first kappa shape index (κ1) is 22.4. The quantitative estimate of drug-likeness (QED) is 0.503. The Morgan fingerprint density at radius 2 is 1.94 bits per heavy atom. The van der Waals surface area contributed by atoms with E-state index in [0.29, 0.717) is 44.2 Å². The minimum atomic E-state index is -3.66. The van der Waals surface area contributed by atoms with Crippen LogP contribution in [-0.2, 0) is 32.6 Å². The van der Waals surface area contributed by atoms with Gasteiger partial charge in [0.1, 0.15) is 18.2 Å². The molecule has 8 nitrogen and oxygen atoms in total. The molecule has 170 valence electrons. The monoisotopic (exact) mass is 461 g/mol. The summed E-state index contributed by atoms with van der Waals surface area (Å²) < 4.78 is 53.7. The number of ether oxygens (including phenoxy) is 2. The number of hydrogen-bond acceptors (Lipinski definition) is 6. The van der Waals surface area contributed by atoms with E-state index in [2.05, 4.69) is 4.98 Å². The minimum Gasteiger partial charge on any atom is -0.454 e. The van der Waals surface area contributed by atoms with Crippen molar-refractivity contribution in [3.05, 3.63) is 59.7 Å². The summed E-state index contributed by atoms with van der Waals surface area (Å²) >= 11 is 0. The van der Waals surface area contributed by atoms with Crippen LogP contribution < -0.4 is 0 Å². The Morgan fingerprint density at radius 3 is 2.66 bits per heavy atom. The zero-order valence-electron chi connectivity index (χ0n) is 17.7. The highest BCUT2D eigenvalue weighted by atomic mass is 32.2. The van der Waals surface area contributed by atoms with Crippen LogP contribution in [0.3, 0.4) is 0 Å². The van der Waals surface area contributed by atoms with Crippen molar-refractivity contribution in [1.82, 2.24) is 13.9 Å². The molecule has 0 spiro atoms. The lowest BCUT2D eigenvalue weighted by Gasteiger charge is -2.26. The number of benzene rings is 2. The van der Waals surface area contributed by atoms with E-state index >= 15 is 0 Å². The van der Waals surface area contributed by atoms with Gasteiger partial charge in [-0.3, -0.25) is 0 Å². The van der Waals surface area contributed by atoms with E-state index in [1.807, 2.05) is 11.5 Å². The van der Waals surface area contributed by atoms with Gasteiger partial charge in [0, 0.05) is 19.6 Å². The van der Waals surface area contributed by atoms with Crippen molar-refractivity contribution < 1.29 is 27.1 Å². The molecule has 0 radical (unpaired) electrons. The second kappa shape index (κ2) is 9.35. The molecule has 2 aromatic carbocycles. The molecular formula is C22H24FN3O5S. The summed E-state index contributed by atoms with van der Waals surface area (Å²) in [5.41, 5.74) is 1.08. The van der Waals surface area contributed by atoms with Crippen molar-refractivity contribution in [3.8, 4) is 0 Å². The molecule has 2 heterocycles. The van der Waals surface area contributed by atoms with E-state index in [1.54, 1.807) is 18.2 Å². The van der Waals surface area contributed by atoms with Crippen LogP contribution in [0, 0.1) is 5.82 Å². The Kier molecular flexibility index (Phi) is 6.54. The Hall–Kier alpha value is -2.82. The number of imidazole rings is 1. The van der Waals surface area contributed by atoms with Gasteiger partial charge in [-0.2, -0.15) is 4.31 Å². The number of morpholine rings is 1. The van der Waals surface area contributed by atoms with Gasteiger partial charge in [0.25, 0.3) is 0 Å². The lowest BCUT2D eigenvalue weighted by molar-refractivity contribution is 0.0453. The van der Waals surface area contributed by atoms with Crippen molar-refractivity contribution in [2.75, 3.05) is 26.3 Å².